The summed E-state index contributed by atoms with van der Waals surface area (Å²) in [5, 5.41) is 2.44. The second-order valence-corrected chi connectivity index (χ2v) is 6.84. The minimum absolute atomic E-state index is 0.982. The summed E-state index contributed by atoms with van der Waals surface area (Å²) >= 11 is 3.79. The van der Waals surface area contributed by atoms with Gasteiger partial charge in [0, 0.05) is 23.4 Å². The lowest BCUT2D eigenvalue weighted by molar-refractivity contribution is 1.08. The van der Waals surface area contributed by atoms with Gasteiger partial charge in [0.15, 0.2) is 5.65 Å². The molecule has 0 bridgehead atoms. The first-order chi connectivity index (χ1) is 11.6. The highest BCUT2D eigenvalue weighted by Crippen LogP contribution is 2.37. The molecule has 4 aromatic rings. The number of imidazole rings is 1. The Kier molecular flexibility index (Phi) is 3.57. The van der Waals surface area contributed by atoms with Crippen LogP contribution in [0.15, 0.2) is 59.2 Å². The second kappa shape index (κ2) is 5.64. The van der Waals surface area contributed by atoms with Gasteiger partial charge in [0.2, 0.25) is 0 Å². The predicted molar refractivity (Wildman–Crippen MR) is 104 cm³/mol. The fraction of sp³-hybridized carbons (Fsp3) is 0.150. The van der Waals surface area contributed by atoms with Gasteiger partial charge in [0.05, 0.1) is 17.1 Å². The number of benzene rings is 2. The van der Waals surface area contributed by atoms with E-state index in [1.165, 1.54) is 16.5 Å². The van der Waals surface area contributed by atoms with Crippen molar-refractivity contribution in [3.63, 3.8) is 0 Å². The number of aryl methyl sites for hydroxylation is 2. The minimum atomic E-state index is 0.982. The summed E-state index contributed by atoms with van der Waals surface area (Å²) in [5.74, 6) is 0. The first-order valence-electron chi connectivity index (χ1n) is 7.93. The lowest BCUT2D eigenvalue weighted by Crippen LogP contribution is -2.11. The van der Waals surface area contributed by atoms with Crippen molar-refractivity contribution in [1.29, 1.82) is 0 Å². The Labute approximate surface area is 149 Å². The minimum Gasteiger partial charge on any atom is -0.341 e. The Morgan fingerprint density at radius 1 is 0.958 bits per heavy atom. The third-order valence-corrected chi connectivity index (χ3v) is 5.50. The second-order valence-electron chi connectivity index (χ2n) is 6.05. The highest BCUT2D eigenvalue weighted by atomic mass is 79.9. The maximum absolute atomic E-state index is 4.76. The first kappa shape index (κ1) is 15.2. The van der Waals surface area contributed by atoms with Crippen molar-refractivity contribution in [2.45, 2.75) is 13.8 Å². The lowest BCUT2D eigenvalue weighted by atomic mass is 10.1. The molecule has 0 spiro atoms. The lowest BCUT2D eigenvalue weighted by Gasteiger charge is -2.22. The van der Waals surface area contributed by atoms with Gasteiger partial charge in [-0.15, -0.1) is 0 Å². The summed E-state index contributed by atoms with van der Waals surface area (Å²) in [7, 11) is 2.09. The zero-order valence-electron chi connectivity index (χ0n) is 13.9. The summed E-state index contributed by atoms with van der Waals surface area (Å²) in [5.41, 5.74) is 5.44. The zero-order valence-corrected chi connectivity index (χ0v) is 15.5. The molecular formula is C20H18BrN3. The van der Waals surface area contributed by atoms with Gasteiger partial charge in [-0.05, 0) is 58.7 Å². The molecule has 0 N–H and O–H groups in total. The number of hydrogen-bond acceptors (Lipinski definition) is 2. The maximum atomic E-state index is 4.76. The summed E-state index contributed by atoms with van der Waals surface area (Å²) in [4.78, 5) is 6.95. The van der Waals surface area contributed by atoms with E-state index >= 15 is 0 Å². The molecule has 0 aliphatic carbocycles. The highest BCUT2D eigenvalue weighted by molar-refractivity contribution is 9.10. The van der Waals surface area contributed by atoms with Crippen molar-refractivity contribution in [2.24, 2.45) is 0 Å². The number of anilines is 2. The van der Waals surface area contributed by atoms with E-state index < -0.39 is 0 Å². The van der Waals surface area contributed by atoms with Crippen molar-refractivity contribution in [3.05, 3.63) is 70.6 Å². The molecular weight excluding hydrogens is 362 g/mol. The third-order valence-electron chi connectivity index (χ3n) is 4.67. The fourth-order valence-electron chi connectivity index (χ4n) is 3.16. The molecule has 24 heavy (non-hydrogen) atoms. The monoisotopic (exact) mass is 379 g/mol. The molecule has 3 nitrogen and oxygen atoms in total. The Bertz CT molecular complexity index is 1070. The van der Waals surface area contributed by atoms with Crippen LogP contribution in [0.4, 0.5) is 11.4 Å². The zero-order chi connectivity index (χ0) is 16.8. The normalized spacial score (nSPS) is 11.3. The van der Waals surface area contributed by atoms with E-state index in [-0.39, 0.29) is 0 Å². The molecule has 0 saturated carbocycles. The van der Waals surface area contributed by atoms with Gasteiger partial charge < -0.3 is 9.30 Å². The molecule has 120 valence electrons. The summed E-state index contributed by atoms with van der Waals surface area (Å²) in [6.07, 6.45) is 2.07. The van der Waals surface area contributed by atoms with Crippen LogP contribution in [0.3, 0.4) is 0 Å². The average Bonchev–Trinajstić information content (AvgIpc) is 2.90. The van der Waals surface area contributed by atoms with Crippen LogP contribution in [0, 0.1) is 13.8 Å². The van der Waals surface area contributed by atoms with Gasteiger partial charge in [0.1, 0.15) is 0 Å². The molecule has 0 saturated heterocycles. The van der Waals surface area contributed by atoms with Crippen molar-refractivity contribution in [3.8, 4) is 0 Å². The third kappa shape index (κ3) is 2.21. The molecule has 0 aliphatic rings. The number of halogens is 1. The maximum Gasteiger partial charge on any atom is 0.161 e. The van der Waals surface area contributed by atoms with Crippen molar-refractivity contribution in [1.82, 2.24) is 9.38 Å². The van der Waals surface area contributed by atoms with Crippen molar-refractivity contribution >= 4 is 43.7 Å². The molecule has 0 fully saturated rings. The standard InChI is InChI=1S/C20H18BrN3/c1-13-14(2)24-12-6-9-18(20(24)22-13)23(3)17-11-10-15-7-4-5-8-16(15)19(17)21/h4-12H,1-3H3. The van der Waals surface area contributed by atoms with E-state index in [4.69, 9.17) is 4.98 Å². The Hall–Kier alpha value is -2.33. The largest absolute Gasteiger partial charge is 0.341 e. The summed E-state index contributed by atoms with van der Waals surface area (Å²) < 4.78 is 3.25. The van der Waals surface area contributed by atoms with Gasteiger partial charge in [-0.3, -0.25) is 0 Å². The van der Waals surface area contributed by atoms with Gasteiger partial charge >= 0.3 is 0 Å². The van der Waals surface area contributed by atoms with E-state index in [2.05, 4.69) is 101 Å². The molecule has 4 rings (SSSR count). The number of hydrogen-bond donors (Lipinski definition) is 0. The van der Waals surface area contributed by atoms with E-state index in [1.54, 1.807) is 0 Å². The molecule has 0 atom stereocenters. The molecule has 2 aromatic heterocycles. The number of nitrogens with zero attached hydrogens (tertiary/aromatic N) is 3. The van der Waals surface area contributed by atoms with Crippen LogP contribution in [0.2, 0.25) is 0 Å². The van der Waals surface area contributed by atoms with Gasteiger partial charge in [0.25, 0.3) is 0 Å². The molecule has 0 aliphatic heterocycles. The van der Waals surface area contributed by atoms with Crippen LogP contribution in [0.25, 0.3) is 16.4 Å². The fourth-order valence-corrected chi connectivity index (χ4v) is 3.92. The van der Waals surface area contributed by atoms with Crippen LogP contribution in [-0.4, -0.2) is 16.4 Å². The molecule has 0 unspecified atom stereocenters. The predicted octanol–water partition coefficient (Wildman–Crippen LogP) is 5.63. The molecule has 4 heteroatoms. The van der Waals surface area contributed by atoms with E-state index in [9.17, 15) is 0 Å². The van der Waals surface area contributed by atoms with E-state index in [1.807, 2.05) is 0 Å². The summed E-state index contributed by atoms with van der Waals surface area (Å²) in [6, 6.07) is 16.9. The average molecular weight is 380 g/mol. The van der Waals surface area contributed by atoms with E-state index in [0.717, 1.165) is 27.2 Å². The number of aromatic nitrogens is 2. The van der Waals surface area contributed by atoms with Crippen molar-refractivity contribution < 1.29 is 0 Å². The summed E-state index contributed by atoms with van der Waals surface area (Å²) in [6.45, 7) is 4.16. The number of rotatable bonds is 2. The van der Waals surface area contributed by atoms with Crippen LogP contribution in [0.5, 0.6) is 0 Å². The quantitative estimate of drug-likeness (QED) is 0.449. The van der Waals surface area contributed by atoms with Crippen LogP contribution in [0.1, 0.15) is 11.4 Å². The van der Waals surface area contributed by atoms with Crippen LogP contribution in [-0.2, 0) is 0 Å². The van der Waals surface area contributed by atoms with Gasteiger partial charge in [-0.1, -0.05) is 30.3 Å². The number of pyridine rings is 1. The molecule has 0 radical (unpaired) electrons. The van der Waals surface area contributed by atoms with Gasteiger partial charge in [-0.2, -0.15) is 0 Å². The molecule has 2 aromatic carbocycles. The van der Waals surface area contributed by atoms with Crippen LogP contribution >= 0.6 is 15.9 Å². The molecule has 0 amide bonds. The Balaban J connectivity index is 1.92. The van der Waals surface area contributed by atoms with E-state index in [0.29, 0.717) is 0 Å². The molecule has 2 heterocycles. The van der Waals surface area contributed by atoms with Gasteiger partial charge in [-0.25, -0.2) is 4.98 Å². The van der Waals surface area contributed by atoms with Crippen LogP contribution < -0.4 is 4.90 Å². The van der Waals surface area contributed by atoms with Crippen molar-refractivity contribution in [2.75, 3.05) is 11.9 Å². The first-order valence-corrected chi connectivity index (χ1v) is 8.72. The highest BCUT2D eigenvalue weighted by Gasteiger charge is 2.15. The topological polar surface area (TPSA) is 20.5 Å². The Morgan fingerprint density at radius 2 is 1.75 bits per heavy atom. The smallest absolute Gasteiger partial charge is 0.161 e. The number of fused-ring (bicyclic) bond motifs is 2. The Morgan fingerprint density at radius 3 is 2.58 bits per heavy atom. The SMILES string of the molecule is Cc1nc2c(N(C)c3ccc4ccccc4c3Br)cccn2c1C.